The van der Waals surface area contributed by atoms with Crippen LogP contribution >= 0.6 is 0 Å². The van der Waals surface area contributed by atoms with Gasteiger partial charge < -0.3 is 5.73 Å². The maximum Gasteiger partial charge on any atom is 0.0316 e. The third kappa shape index (κ3) is 2.94. The zero-order chi connectivity index (χ0) is 9.90. The first-order valence-electron chi connectivity index (χ1n) is 4.53. The summed E-state index contributed by atoms with van der Waals surface area (Å²) in [6.07, 6.45) is 12.0. The van der Waals surface area contributed by atoms with Crippen molar-refractivity contribution in [1.82, 2.24) is 0 Å². The number of nitrogens with two attached hydrogens (primary N) is 1. The second-order valence-electron chi connectivity index (χ2n) is 4.26. The normalized spacial score (nSPS) is 30.4. The summed E-state index contributed by atoms with van der Waals surface area (Å²) in [5.74, 6) is 0. The smallest absolute Gasteiger partial charge is 0.0316 e. The van der Waals surface area contributed by atoms with E-state index in [-0.39, 0.29) is 5.41 Å². The molecule has 1 nitrogen and oxygen atoms in total. The van der Waals surface area contributed by atoms with Gasteiger partial charge in [-0.15, -0.1) is 0 Å². The number of allylic oxidation sites excluding steroid dienone is 7. The van der Waals surface area contributed by atoms with E-state index in [1.165, 1.54) is 5.57 Å². The molecule has 0 aromatic heterocycles. The molecule has 0 radical (unpaired) electrons. The third-order valence-corrected chi connectivity index (χ3v) is 1.97. The van der Waals surface area contributed by atoms with Crippen LogP contribution in [0.5, 0.6) is 0 Å². The van der Waals surface area contributed by atoms with E-state index in [0.29, 0.717) is 0 Å². The van der Waals surface area contributed by atoms with Crippen molar-refractivity contribution in [3.63, 3.8) is 0 Å². The fraction of sp³-hybridized carbons (Fsp3) is 0.333. The second-order valence-corrected chi connectivity index (χ2v) is 4.26. The van der Waals surface area contributed by atoms with Crippen LogP contribution in [0.2, 0.25) is 0 Å². The molecule has 0 aromatic rings. The summed E-state index contributed by atoms with van der Waals surface area (Å²) < 4.78 is 0. The molecule has 0 saturated heterocycles. The van der Waals surface area contributed by atoms with E-state index in [4.69, 9.17) is 5.73 Å². The van der Waals surface area contributed by atoms with E-state index in [0.717, 1.165) is 5.70 Å². The number of hydrogen-bond acceptors (Lipinski definition) is 1. The topological polar surface area (TPSA) is 26.0 Å². The molecule has 0 aliphatic heterocycles. The van der Waals surface area contributed by atoms with Gasteiger partial charge in [0.1, 0.15) is 0 Å². The zero-order valence-electron chi connectivity index (χ0n) is 8.54. The Morgan fingerprint density at radius 1 is 1.08 bits per heavy atom. The van der Waals surface area contributed by atoms with Crippen molar-refractivity contribution in [2.75, 3.05) is 0 Å². The molecule has 0 saturated carbocycles. The Labute approximate surface area is 80.3 Å². The third-order valence-electron chi connectivity index (χ3n) is 1.97. The van der Waals surface area contributed by atoms with Gasteiger partial charge in [-0.05, 0) is 23.1 Å². The van der Waals surface area contributed by atoms with Crippen LogP contribution in [0.4, 0.5) is 0 Å². The van der Waals surface area contributed by atoms with Crippen molar-refractivity contribution >= 4 is 0 Å². The van der Waals surface area contributed by atoms with Gasteiger partial charge in [0.05, 0.1) is 0 Å². The monoisotopic (exact) mass is 175 g/mol. The van der Waals surface area contributed by atoms with Crippen molar-refractivity contribution < 1.29 is 0 Å². The molecule has 1 aliphatic rings. The molecule has 1 rings (SSSR count). The number of hydrogen-bond donors (Lipinski definition) is 1. The fourth-order valence-corrected chi connectivity index (χ4v) is 1.13. The predicted molar refractivity (Wildman–Crippen MR) is 58.1 cm³/mol. The van der Waals surface area contributed by atoms with Gasteiger partial charge >= 0.3 is 0 Å². The summed E-state index contributed by atoms with van der Waals surface area (Å²) in [4.78, 5) is 0. The Morgan fingerprint density at radius 2 is 1.77 bits per heavy atom. The van der Waals surface area contributed by atoms with Gasteiger partial charge in [-0.1, -0.05) is 45.1 Å². The lowest BCUT2D eigenvalue weighted by Crippen LogP contribution is -2.09. The average molecular weight is 175 g/mol. The molecule has 13 heavy (non-hydrogen) atoms. The maximum atomic E-state index is 5.79. The molecule has 1 heteroatoms. The summed E-state index contributed by atoms with van der Waals surface area (Å²) in [5, 5.41) is 0. The van der Waals surface area contributed by atoms with Crippen LogP contribution < -0.4 is 5.73 Å². The molecule has 0 heterocycles. The molecule has 0 amide bonds. The molecule has 1 aliphatic carbocycles. The van der Waals surface area contributed by atoms with Crippen molar-refractivity contribution in [1.29, 1.82) is 0 Å². The standard InChI is InChI=1S/C12H17N/c1-12(2,3)10-7-5-4-6-8-11(13)9-10/h4-9H,13H2,1-3H3/b5-4?,6-4-,7-5-,8-6?,10-7?,10-9+,11-8+,11-9?. The van der Waals surface area contributed by atoms with Gasteiger partial charge in [0.25, 0.3) is 0 Å². The summed E-state index contributed by atoms with van der Waals surface area (Å²) in [7, 11) is 0. The minimum atomic E-state index is 0.153. The highest BCUT2D eigenvalue weighted by atomic mass is 14.6. The highest BCUT2D eigenvalue weighted by Crippen LogP contribution is 2.27. The van der Waals surface area contributed by atoms with Gasteiger partial charge in [-0.3, -0.25) is 0 Å². The van der Waals surface area contributed by atoms with E-state index >= 15 is 0 Å². The first-order chi connectivity index (χ1) is 6.00. The Hall–Kier alpha value is -1.24. The van der Waals surface area contributed by atoms with Crippen molar-refractivity contribution in [2.45, 2.75) is 20.8 Å². The lowest BCUT2D eigenvalue weighted by atomic mass is 9.85. The quantitative estimate of drug-likeness (QED) is 0.602. The molecule has 0 fully saturated rings. The van der Waals surface area contributed by atoms with Crippen LogP contribution in [0.25, 0.3) is 0 Å². The minimum absolute atomic E-state index is 0.153. The molecular weight excluding hydrogens is 158 g/mol. The van der Waals surface area contributed by atoms with Crippen molar-refractivity contribution in [2.24, 2.45) is 11.1 Å². The maximum absolute atomic E-state index is 5.79. The van der Waals surface area contributed by atoms with Crippen molar-refractivity contribution in [3.8, 4) is 0 Å². The Balaban J connectivity index is 3.03. The zero-order valence-corrected chi connectivity index (χ0v) is 8.54. The van der Waals surface area contributed by atoms with Gasteiger partial charge in [-0.2, -0.15) is 0 Å². The summed E-state index contributed by atoms with van der Waals surface area (Å²) in [5.41, 5.74) is 8.01. The van der Waals surface area contributed by atoms with Crippen LogP contribution in [-0.2, 0) is 0 Å². The van der Waals surface area contributed by atoms with Gasteiger partial charge in [-0.25, -0.2) is 0 Å². The van der Waals surface area contributed by atoms with Crippen LogP contribution in [-0.4, -0.2) is 0 Å². The predicted octanol–water partition coefficient (Wildman–Crippen LogP) is 2.93. The molecule has 0 spiro atoms. The molecule has 70 valence electrons. The summed E-state index contributed by atoms with van der Waals surface area (Å²) >= 11 is 0. The lowest BCUT2D eigenvalue weighted by Gasteiger charge is -2.20. The molecule has 0 aromatic carbocycles. The van der Waals surface area contributed by atoms with E-state index in [1.54, 1.807) is 0 Å². The van der Waals surface area contributed by atoms with E-state index in [1.807, 2.05) is 30.4 Å². The largest absolute Gasteiger partial charge is 0.399 e. The van der Waals surface area contributed by atoms with Crippen LogP contribution in [0.1, 0.15) is 20.8 Å². The van der Waals surface area contributed by atoms with Crippen LogP contribution in [0.3, 0.4) is 0 Å². The average Bonchev–Trinajstić information content (AvgIpc) is 1.94. The van der Waals surface area contributed by atoms with Crippen molar-refractivity contribution in [3.05, 3.63) is 47.7 Å². The highest BCUT2D eigenvalue weighted by Gasteiger charge is 2.14. The SMILES string of the molecule is CC(C)(C)C1=C/C(N)=C\C=C/C=C\1. The summed E-state index contributed by atoms with van der Waals surface area (Å²) in [6.45, 7) is 6.55. The van der Waals surface area contributed by atoms with Crippen LogP contribution in [0, 0.1) is 5.41 Å². The minimum Gasteiger partial charge on any atom is -0.399 e. The Morgan fingerprint density at radius 3 is 2.38 bits per heavy atom. The van der Waals surface area contributed by atoms with E-state index in [2.05, 4.69) is 26.8 Å². The first-order valence-corrected chi connectivity index (χ1v) is 4.53. The fourth-order valence-electron chi connectivity index (χ4n) is 1.13. The Kier molecular flexibility index (Phi) is 2.76. The van der Waals surface area contributed by atoms with Gasteiger partial charge in [0, 0.05) is 5.70 Å². The van der Waals surface area contributed by atoms with E-state index < -0.39 is 0 Å². The lowest BCUT2D eigenvalue weighted by molar-refractivity contribution is 0.516. The van der Waals surface area contributed by atoms with E-state index in [9.17, 15) is 0 Å². The van der Waals surface area contributed by atoms with Crippen LogP contribution in [0.15, 0.2) is 47.7 Å². The van der Waals surface area contributed by atoms with Gasteiger partial charge in [0.15, 0.2) is 0 Å². The Bertz CT molecular complexity index is 296. The molecule has 0 unspecified atom stereocenters. The molecule has 0 bridgehead atoms. The molecular formula is C12H17N. The first kappa shape index (κ1) is 9.85. The molecule has 0 atom stereocenters. The second kappa shape index (κ2) is 3.65. The van der Waals surface area contributed by atoms with Gasteiger partial charge in [0.2, 0.25) is 0 Å². The highest BCUT2D eigenvalue weighted by molar-refractivity contribution is 5.37. The summed E-state index contributed by atoms with van der Waals surface area (Å²) in [6, 6.07) is 0. The number of rotatable bonds is 0. The molecule has 2 N–H and O–H groups in total.